The maximum atomic E-state index is 13.0. The van der Waals surface area contributed by atoms with Gasteiger partial charge in [0.1, 0.15) is 48.8 Å². The van der Waals surface area contributed by atoms with Gasteiger partial charge in [-0.05, 0) is 18.4 Å². The van der Waals surface area contributed by atoms with E-state index in [1.807, 2.05) is 0 Å². The van der Waals surface area contributed by atoms with Crippen molar-refractivity contribution in [1.29, 1.82) is 0 Å². The molecule has 15 nitrogen and oxygen atoms in total. The summed E-state index contributed by atoms with van der Waals surface area (Å²) in [4.78, 5) is 13.0. The van der Waals surface area contributed by atoms with Crippen LogP contribution in [0.4, 0.5) is 0 Å². The number of rotatable bonds is 7. The number of aliphatic hydroxyl groups is 9. The number of aliphatic hydroxyl groups excluding tert-OH is 9. The highest BCUT2D eigenvalue weighted by atomic mass is 16.8. The third kappa shape index (κ3) is 5.27. The third-order valence-electron chi connectivity index (χ3n) is 7.07. The van der Waals surface area contributed by atoms with Crippen LogP contribution in [-0.2, 0) is 28.5 Å². The van der Waals surface area contributed by atoms with Gasteiger partial charge in [0.25, 0.3) is 0 Å². The number of fused-ring (bicyclic) bond motifs is 1. The van der Waals surface area contributed by atoms with Gasteiger partial charge >= 0.3 is 5.97 Å². The molecular weight excluding hydrogens is 504 g/mol. The fourth-order valence-electron chi connectivity index (χ4n) is 4.92. The fourth-order valence-corrected chi connectivity index (χ4v) is 4.92. The van der Waals surface area contributed by atoms with Gasteiger partial charge in [-0.2, -0.15) is 0 Å². The molecule has 0 unspecified atom stereocenters. The van der Waals surface area contributed by atoms with Gasteiger partial charge in [0, 0.05) is 11.5 Å². The highest BCUT2D eigenvalue weighted by molar-refractivity contribution is 5.90. The number of carbonyl (C=O) groups excluding carboxylic acids is 1. The van der Waals surface area contributed by atoms with Crippen LogP contribution >= 0.6 is 0 Å². The van der Waals surface area contributed by atoms with Crippen LogP contribution in [-0.4, -0.2) is 139 Å². The van der Waals surface area contributed by atoms with Gasteiger partial charge in [-0.15, -0.1) is 0 Å². The van der Waals surface area contributed by atoms with Crippen LogP contribution < -0.4 is 0 Å². The maximum absolute atomic E-state index is 13.0. The SMILES string of the molecule is O=C(O[C@@H]1O[C@H](CO)[C@@H](O)[C@H](O)[C@H]1O)C1=CO[C@@H](O[C@@H]2O[C@H](CO)[C@@H](O)[C@H](O)[C@H]2O)C2=C(CO)CC[C@H]12. The lowest BCUT2D eigenvalue weighted by atomic mass is 9.90. The third-order valence-corrected chi connectivity index (χ3v) is 7.07. The molecule has 2 saturated heterocycles. The molecule has 0 radical (unpaired) electrons. The first kappa shape index (κ1) is 28.3. The minimum absolute atomic E-state index is 0.0379. The Balaban J connectivity index is 1.51. The number of hydrogen-bond donors (Lipinski definition) is 9. The zero-order valence-corrected chi connectivity index (χ0v) is 19.5. The van der Waals surface area contributed by atoms with E-state index in [0.29, 0.717) is 24.0 Å². The molecule has 0 amide bonds. The minimum Gasteiger partial charge on any atom is -0.468 e. The van der Waals surface area contributed by atoms with E-state index in [-0.39, 0.29) is 5.57 Å². The molecule has 0 aromatic rings. The Morgan fingerprint density at radius 2 is 1.41 bits per heavy atom. The van der Waals surface area contributed by atoms with E-state index in [4.69, 9.17) is 23.7 Å². The topological polar surface area (TPSA) is 245 Å². The van der Waals surface area contributed by atoms with Crippen molar-refractivity contribution in [3.8, 4) is 0 Å². The summed E-state index contributed by atoms with van der Waals surface area (Å²) in [6.07, 6.45) is -15.5. The van der Waals surface area contributed by atoms with Gasteiger partial charge in [0.15, 0.2) is 6.29 Å². The Hall–Kier alpha value is -1.73. The van der Waals surface area contributed by atoms with E-state index in [9.17, 15) is 50.8 Å². The lowest BCUT2D eigenvalue weighted by Crippen LogP contribution is -2.60. The van der Waals surface area contributed by atoms with E-state index < -0.39 is 99.4 Å². The van der Waals surface area contributed by atoms with Gasteiger partial charge in [-0.3, -0.25) is 0 Å². The Morgan fingerprint density at radius 3 is 1.97 bits per heavy atom. The van der Waals surface area contributed by atoms with E-state index >= 15 is 0 Å². The van der Waals surface area contributed by atoms with Gasteiger partial charge in [-0.1, -0.05) is 0 Å². The van der Waals surface area contributed by atoms with E-state index in [1.165, 1.54) is 0 Å². The second-order valence-corrected chi connectivity index (χ2v) is 9.29. The number of hydrogen-bond acceptors (Lipinski definition) is 15. The molecule has 2 fully saturated rings. The molecule has 9 N–H and O–H groups in total. The van der Waals surface area contributed by atoms with Crippen LogP contribution in [0.3, 0.4) is 0 Å². The van der Waals surface area contributed by atoms with Crippen LogP contribution in [0.25, 0.3) is 0 Å². The summed E-state index contributed by atoms with van der Waals surface area (Å²) in [5.41, 5.74) is 0.776. The predicted molar refractivity (Wildman–Crippen MR) is 115 cm³/mol. The molecule has 12 atom stereocenters. The Bertz CT molecular complexity index is 887. The first-order chi connectivity index (χ1) is 17.6. The van der Waals surface area contributed by atoms with Crippen molar-refractivity contribution in [2.24, 2.45) is 5.92 Å². The van der Waals surface area contributed by atoms with Crippen molar-refractivity contribution in [3.05, 3.63) is 23.0 Å². The molecule has 4 aliphatic rings. The van der Waals surface area contributed by atoms with Crippen LogP contribution in [0.1, 0.15) is 12.8 Å². The normalized spacial score (nSPS) is 44.2. The van der Waals surface area contributed by atoms with Crippen molar-refractivity contribution >= 4 is 5.97 Å². The average molecular weight is 536 g/mol. The average Bonchev–Trinajstić information content (AvgIpc) is 3.34. The largest absolute Gasteiger partial charge is 0.468 e. The molecule has 0 aromatic carbocycles. The first-order valence-electron chi connectivity index (χ1n) is 11.8. The van der Waals surface area contributed by atoms with E-state index in [2.05, 4.69) is 0 Å². The molecule has 4 rings (SSSR count). The van der Waals surface area contributed by atoms with Crippen molar-refractivity contribution in [2.45, 2.75) is 80.5 Å². The molecular formula is C22H32O15. The van der Waals surface area contributed by atoms with Crippen molar-refractivity contribution in [1.82, 2.24) is 0 Å². The zero-order valence-electron chi connectivity index (χ0n) is 19.5. The summed E-state index contributed by atoms with van der Waals surface area (Å²) in [6, 6.07) is 0. The second kappa shape index (κ2) is 11.6. The number of esters is 1. The summed E-state index contributed by atoms with van der Waals surface area (Å²) < 4.78 is 27.0. The lowest BCUT2D eigenvalue weighted by molar-refractivity contribution is -0.327. The predicted octanol–water partition coefficient (Wildman–Crippen LogP) is -4.91. The Kier molecular flexibility index (Phi) is 8.84. The van der Waals surface area contributed by atoms with Crippen LogP contribution in [0, 0.1) is 5.92 Å². The number of carbonyl (C=O) groups is 1. The second-order valence-electron chi connectivity index (χ2n) is 9.29. The van der Waals surface area contributed by atoms with Crippen LogP contribution in [0.15, 0.2) is 23.0 Å². The van der Waals surface area contributed by atoms with Crippen LogP contribution in [0.2, 0.25) is 0 Å². The first-order valence-corrected chi connectivity index (χ1v) is 11.8. The molecule has 0 saturated carbocycles. The number of ether oxygens (including phenoxy) is 5. The Morgan fingerprint density at radius 1 is 0.838 bits per heavy atom. The van der Waals surface area contributed by atoms with Gasteiger partial charge in [-0.25, -0.2) is 4.79 Å². The molecule has 3 heterocycles. The highest BCUT2D eigenvalue weighted by Gasteiger charge is 2.49. The highest BCUT2D eigenvalue weighted by Crippen LogP contribution is 2.44. The molecule has 0 bridgehead atoms. The zero-order chi connectivity index (χ0) is 27.0. The van der Waals surface area contributed by atoms with Crippen molar-refractivity contribution in [3.63, 3.8) is 0 Å². The van der Waals surface area contributed by atoms with Gasteiger partial charge < -0.3 is 69.6 Å². The summed E-state index contributed by atoms with van der Waals surface area (Å²) in [7, 11) is 0. The maximum Gasteiger partial charge on any atom is 0.340 e. The molecule has 1 aliphatic carbocycles. The smallest absolute Gasteiger partial charge is 0.340 e. The lowest BCUT2D eigenvalue weighted by Gasteiger charge is -2.42. The van der Waals surface area contributed by atoms with E-state index in [0.717, 1.165) is 6.26 Å². The van der Waals surface area contributed by atoms with Crippen molar-refractivity contribution < 1.29 is 74.4 Å². The Labute approximate surface area is 210 Å². The standard InChI is InChI=1S/C22H32O15/c23-3-7-1-2-8-9(19(32)36-21-17(30)15(28)13(26)10(4-24)34-21)6-33-20(12(7)8)37-22-18(31)16(29)14(27)11(5-25)35-22/h6,8,10-11,13-18,20-31H,1-5H2/t8-,10-,11-,13-,14-,15+,16+,17-,18-,20+,21+,22+/m1/s1. The molecule has 210 valence electrons. The van der Waals surface area contributed by atoms with E-state index in [1.54, 1.807) is 0 Å². The van der Waals surface area contributed by atoms with Gasteiger partial charge in [0.2, 0.25) is 12.6 Å². The molecule has 0 aromatic heterocycles. The summed E-state index contributed by atoms with van der Waals surface area (Å²) in [5, 5.41) is 88.9. The quantitative estimate of drug-likeness (QED) is 0.109. The van der Waals surface area contributed by atoms with Crippen LogP contribution in [0.5, 0.6) is 0 Å². The molecule has 15 heteroatoms. The minimum atomic E-state index is -1.80. The molecule has 0 spiro atoms. The molecule has 37 heavy (non-hydrogen) atoms. The summed E-state index contributed by atoms with van der Waals surface area (Å²) in [6.45, 7) is -1.78. The van der Waals surface area contributed by atoms with Gasteiger partial charge in [0.05, 0.1) is 31.7 Å². The summed E-state index contributed by atoms with van der Waals surface area (Å²) in [5.74, 6) is -1.69. The molecule has 3 aliphatic heterocycles. The van der Waals surface area contributed by atoms with Crippen molar-refractivity contribution in [2.75, 3.05) is 19.8 Å². The fraction of sp³-hybridized carbons (Fsp3) is 0.773. The summed E-state index contributed by atoms with van der Waals surface area (Å²) >= 11 is 0. The monoisotopic (exact) mass is 536 g/mol.